The maximum atomic E-state index is 6.44. The SMILES string of the molecule is CCCNC1CCCC1OC1CC(C)CC(C)C1. The van der Waals surface area contributed by atoms with Crippen molar-refractivity contribution in [1.29, 1.82) is 0 Å². The van der Waals surface area contributed by atoms with Gasteiger partial charge in [0.25, 0.3) is 0 Å². The van der Waals surface area contributed by atoms with Gasteiger partial charge in [-0.15, -0.1) is 0 Å². The van der Waals surface area contributed by atoms with Crippen LogP contribution in [0.15, 0.2) is 0 Å². The topological polar surface area (TPSA) is 21.3 Å². The molecule has 0 radical (unpaired) electrons. The van der Waals surface area contributed by atoms with Crippen LogP contribution in [0.5, 0.6) is 0 Å². The van der Waals surface area contributed by atoms with Gasteiger partial charge in [-0.3, -0.25) is 0 Å². The maximum Gasteiger partial charge on any atom is 0.0731 e. The number of hydrogen-bond donors (Lipinski definition) is 1. The van der Waals surface area contributed by atoms with Crippen LogP contribution in [-0.2, 0) is 4.74 Å². The van der Waals surface area contributed by atoms with E-state index in [1.165, 1.54) is 44.9 Å². The second-order valence-corrected chi connectivity index (χ2v) is 6.71. The maximum absolute atomic E-state index is 6.44. The minimum Gasteiger partial charge on any atom is -0.373 e. The van der Waals surface area contributed by atoms with E-state index in [9.17, 15) is 0 Å². The van der Waals surface area contributed by atoms with Crippen LogP contribution in [0.3, 0.4) is 0 Å². The Morgan fingerprint density at radius 3 is 2.44 bits per heavy atom. The van der Waals surface area contributed by atoms with E-state index in [2.05, 4.69) is 26.1 Å². The van der Waals surface area contributed by atoms with E-state index in [0.717, 1.165) is 18.4 Å². The van der Waals surface area contributed by atoms with Crippen molar-refractivity contribution in [1.82, 2.24) is 5.32 Å². The molecule has 2 saturated carbocycles. The lowest BCUT2D eigenvalue weighted by molar-refractivity contribution is -0.0552. The molecular formula is C16H31NO. The van der Waals surface area contributed by atoms with Crippen molar-refractivity contribution in [3.8, 4) is 0 Å². The van der Waals surface area contributed by atoms with Gasteiger partial charge in [0, 0.05) is 6.04 Å². The molecule has 0 heterocycles. The third-order valence-electron chi connectivity index (χ3n) is 4.61. The first kappa shape index (κ1) is 14.3. The molecule has 2 rings (SSSR count). The van der Waals surface area contributed by atoms with Crippen molar-refractivity contribution in [3.05, 3.63) is 0 Å². The van der Waals surface area contributed by atoms with Crippen LogP contribution in [0.1, 0.15) is 65.7 Å². The summed E-state index contributed by atoms with van der Waals surface area (Å²) >= 11 is 0. The van der Waals surface area contributed by atoms with Crippen LogP contribution in [0.4, 0.5) is 0 Å². The van der Waals surface area contributed by atoms with E-state index in [4.69, 9.17) is 4.74 Å². The quantitative estimate of drug-likeness (QED) is 0.805. The third-order valence-corrected chi connectivity index (χ3v) is 4.61. The molecule has 0 aromatic rings. The lowest BCUT2D eigenvalue weighted by Gasteiger charge is -2.34. The van der Waals surface area contributed by atoms with Crippen molar-refractivity contribution in [2.45, 2.75) is 84.0 Å². The summed E-state index contributed by atoms with van der Waals surface area (Å²) in [6, 6.07) is 0.623. The highest BCUT2D eigenvalue weighted by Crippen LogP contribution is 2.33. The van der Waals surface area contributed by atoms with E-state index in [-0.39, 0.29) is 0 Å². The summed E-state index contributed by atoms with van der Waals surface area (Å²) in [7, 11) is 0. The average Bonchev–Trinajstić information content (AvgIpc) is 2.72. The van der Waals surface area contributed by atoms with E-state index in [1.807, 2.05) is 0 Å². The first-order chi connectivity index (χ1) is 8.69. The Balaban J connectivity index is 1.80. The van der Waals surface area contributed by atoms with Crippen molar-refractivity contribution in [2.24, 2.45) is 11.8 Å². The van der Waals surface area contributed by atoms with E-state index < -0.39 is 0 Å². The molecule has 2 aliphatic rings. The Morgan fingerprint density at radius 1 is 1.06 bits per heavy atom. The first-order valence-electron chi connectivity index (χ1n) is 8.07. The minimum absolute atomic E-state index is 0.485. The summed E-state index contributed by atoms with van der Waals surface area (Å²) in [5.74, 6) is 1.70. The fraction of sp³-hybridized carbons (Fsp3) is 1.00. The van der Waals surface area contributed by atoms with Crippen LogP contribution in [0.2, 0.25) is 0 Å². The molecule has 0 aromatic heterocycles. The van der Waals surface area contributed by atoms with Gasteiger partial charge in [0.05, 0.1) is 12.2 Å². The molecular weight excluding hydrogens is 222 g/mol. The van der Waals surface area contributed by atoms with Gasteiger partial charge >= 0.3 is 0 Å². The fourth-order valence-corrected chi connectivity index (χ4v) is 3.88. The molecule has 2 fully saturated rings. The van der Waals surface area contributed by atoms with Crippen LogP contribution in [0.25, 0.3) is 0 Å². The molecule has 0 aliphatic heterocycles. The van der Waals surface area contributed by atoms with Gasteiger partial charge in [0.2, 0.25) is 0 Å². The van der Waals surface area contributed by atoms with Crippen molar-refractivity contribution in [2.75, 3.05) is 6.54 Å². The molecule has 2 aliphatic carbocycles. The second kappa shape index (κ2) is 6.91. The summed E-state index contributed by atoms with van der Waals surface area (Å²) in [6.07, 6.45) is 10.1. The van der Waals surface area contributed by atoms with Crippen molar-refractivity contribution in [3.63, 3.8) is 0 Å². The molecule has 0 saturated heterocycles. The molecule has 106 valence electrons. The number of hydrogen-bond acceptors (Lipinski definition) is 2. The summed E-state index contributed by atoms with van der Waals surface area (Å²) in [6.45, 7) is 8.14. The first-order valence-corrected chi connectivity index (χ1v) is 8.07. The van der Waals surface area contributed by atoms with Crippen molar-refractivity contribution >= 4 is 0 Å². The van der Waals surface area contributed by atoms with Crippen LogP contribution >= 0.6 is 0 Å². The Kier molecular flexibility index (Phi) is 5.50. The van der Waals surface area contributed by atoms with Crippen molar-refractivity contribution < 1.29 is 4.74 Å². The number of ether oxygens (including phenoxy) is 1. The third kappa shape index (κ3) is 3.96. The number of rotatable bonds is 5. The van der Waals surface area contributed by atoms with E-state index in [0.29, 0.717) is 18.2 Å². The average molecular weight is 253 g/mol. The Labute approximate surface area is 113 Å². The van der Waals surface area contributed by atoms with Gasteiger partial charge < -0.3 is 10.1 Å². The van der Waals surface area contributed by atoms with Gasteiger partial charge in [-0.05, 0) is 63.3 Å². The highest BCUT2D eigenvalue weighted by Gasteiger charge is 2.32. The fourth-order valence-electron chi connectivity index (χ4n) is 3.88. The summed E-state index contributed by atoms with van der Waals surface area (Å²) in [5, 5.41) is 3.67. The smallest absolute Gasteiger partial charge is 0.0731 e. The highest BCUT2D eigenvalue weighted by molar-refractivity contribution is 4.86. The van der Waals surface area contributed by atoms with Gasteiger partial charge in [0.15, 0.2) is 0 Å². The lowest BCUT2D eigenvalue weighted by Crippen LogP contribution is -2.41. The van der Waals surface area contributed by atoms with Crippen LogP contribution in [-0.4, -0.2) is 24.8 Å². The molecule has 4 atom stereocenters. The monoisotopic (exact) mass is 253 g/mol. The van der Waals surface area contributed by atoms with Crippen LogP contribution in [0, 0.1) is 11.8 Å². The molecule has 2 heteroatoms. The summed E-state index contributed by atoms with van der Waals surface area (Å²) < 4.78 is 6.44. The molecule has 1 N–H and O–H groups in total. The molecule has 0 bridgehead atoms. The molecule has 0 spiro atoms. The summed E-state index contributed by atoms with van der Waals surface area (Å²) in [4.78, 5) is 0. The van der Waals surface area contributed by atoms with Gasteiger partial charge in [-0.25, -0.2) is 0 Å². The van der Waals surface area contributed by atoms with Gasteiger partial charge in [-0.2, -0.15) is 0 Å². The van der Waals surface area contributed by atoms with E-state index >= 15 is 0 Å². The second-order valence-electron chi connectivity index (χ2n) is 6.71. The molecule has 18 heavy (non-hydrogen) atoms. The summed E-state index contributed by atoms with van der Waals surface area (Å²) in [5.41, 5.74) is 0. The zero-order valence-electron chi connectivity index (χ0n) is 12.5. The van der Waals surface area contributed by atoms with Gasteiger partial charge in [0.1, 0.15) is 0 Å². The Morgan fingerprint density at radius 2 is 1.78 bits per heavy atom. The Bertz CT molecular complexity index is 233. The standard InChI is InChI=1S/C16H31NO/c1-4-8-17-15-6-5-7-16(15)18-14-10-12(2)9-13(3)11-14/h12-17H,4-11H2,1-3H3. The molecule has 4 unspecified atom stereocenters. The predicted octanol–water partition coefficient (Wildman–Crippen LogP) is 3.75. The van der Waals surface area contributed by atoms with Crippen LogP contribution < -0.4 is 5.32 Å². The normalized spacial score (nSPS) is 41.2. The molecule has 0 amide bonds. The zero-order chi connectivity index (χ0) is 13.0. The highest BCUT2D eigenvalue weighted by atomic mass is 16.5. The number of nitrogens with one attached hydrogen (secondary N) is 1. The van der Waals surface area contributed by atoms with E-state index in [1.54, 1.807) is 0 Å². The molecule has 0 aromatic carbocycles. The Hall–Kier alpha value is -0.0800. The molecule has 2 nitrogen and oxygen atoms in total. The zero-order valence-corrected chi connectivity index (χ0v) is 12.5. The van der Waals surface area contributed by atoms with Gasteiger partial charge in [-0.1, -0.05) is 20.8 Å². The largest absolute Gasteiger partial charge is 0.373 e. The minimum atomic E-state index is 0.485. The predicted molar refractivity (Wildman–Crippen MR) is 76.8 cm³/mol. The lowest BCUT2D eigenvalue weighted by atomic mass is 9.81.